The predicted octanol–water partition coefficient (Wildman–Crippen LogP) is 4.80. The van der Waals surface area contributed by atoms with E-state index in [9.17, 15) is 8.78 Å². The van der Waals surface area contributed by atoms with Gasteiger partial charge in [0.25, 0.3) is 0 Å². The Bertz CT molecular complexity index is 1160. The molecule has 4 aromatic rings. The fourth-order valence-electron chi connectivity index (χ4n) is 3.07. The monoisotopic (exact) mass is 411 g/mol. The molecule has 0 amide bonds. The first kappa shape index (κ1) is 19.3. The number of thioether (sulfide) groups is 1. The van der Waals surface area contributed by atoms with E-state index in [1.807, 2.05) is 36.6 Å². The smallest absolute Gasteiger partial charge is 0.191 e. The van der Waals surface area contributed by atoms with Crippen molar-refractivity contribution in [3.05, 3.63) is 77.1 Å². The lowest BCUT2D eigenvalue weighted by Crippen LogP contribution is -2.07. The van der Waals surface area contributed by atoms with Gasteiger partial charge in [0.05, 0.1) is 12.9 Å². The van der Waals surface area contributed by atoms with Crippen molar-refractivity contribution < 1.29 is 8.78 Å². The summed E-state index contributed by atoms with van der Waals surface area (Å²) in [6.45, 7) is 2.19. The molecule has 0 fully saturated rings. The first-order valence-electron chi connectivity index (χ1n) is 9.05. The highest BCUT2D eigenvalue weighted by atomic mass is 32.2. The minimum atomic E-state index is -0.587. The zero-order valence-corrected chi connectivity index (χ0v) is 16.8. The summed E-state index contributed by atoms with van der Waals surface area (Å²) in [7, 11) is 0. The number of imidazole rings is 1. The molecule has 0 unspecified atom stereocenters. The molecule has 5 nitrogen and oxygen atoms in total. The van der Waals surface area contributed by atoms with Gasteiger partial charge in [-0.25, -0.2) is 23.7 Å². The third-order valence-electron chi connectivity index (χ3n) is 4.64. The second kappa shape index (κ2) is 8.16. The Morgan fingerprint density at radius 1 is 1.07 bits per heavy atom. The number of fused-ring (bicyclic) bond motifs is 1. The third-order valence-corrected chi connectivity index (χ3v) is 5.18. The largest absolute Gasteiger partial charge is 0.364 e. The normalized spacial score (nSPS) is 11.2. The second-order valence-electron chi connectivity index (χ2n) is 6.60. The van der Waals surface area contributed by atoms with E-state index in [2.05, 4.69) is 20.3 Å². The van der Waals surface area contributed by atoms with Crippen LogP contribution in [0.5, 0.6) is 0 Å². The maximum atomic E-state index is 14.5. The molecule has 0 spiro atoms. The molecule has 148 valence electrons. The van der Waals surface area contributed by atoms with E-state index in [0.717, 1.165) is 5.56 Å². The third kappa shape index (κ3) is 3.93. The molecule has 0 atom stereocenters. The van der Waals surface area contributed by atoms with Crippen molar-refractivity contribution in [2.75, 3.05) is 11.6 Å². The van der Waals surface area contributed by atoms with E-state index in [1.165, 1.54) is 23.9 Å². The average Bonchev–Trinajstić information content (AvgIpc) is 3.15. The Hall–Kier alpha value is -3.00. The van der Waals surface area contributed by atoms with Crippen LogP contribution in [0.25, 0.3) is 11.2 Å². The lowest BCUT2D eigenvalue weighted by Gasteiger charge is -2.10. The van der Waals surface area contributed by atoms with Crippen LogP contribution in [0, 0.1) is 18.6 Å². The maximum Gasteiger partial charge on any atom is 0.191 e. The number of hydrogen-bond acceptors (Lipinski definition) is 5. The lowest BCUT2D eigenvalue weighted by molar-refractivity contribution is 0.540. The number of rotatable bonds is 6. The fraction of sp³-hybridized carbons (Fsp3) is 0.190. The molecular formula is C21H19F2N5S. The minimum absolute atomic E-state index is 0.00118. The average molecular weight is 411 g/mol. The van der Waals surface area contributed by atoms with Gasteiger partial charge in [-0.15, -0.1) is 0 Å². The van der Waals surface area contributed by atoms with Gasteiger partial charge in [0.2, 0.25) is 0 Å². The Morgan fingerprint density at radius 2 is 1.86 bits per heavy atom. The molecule has 2 heterocycles. The van der Waals surface area contributed by atoms with Gasteiger partial charge in [-0.1, -0.05) is 48.2 Å². The summed E-state index contributed by atoms with van der Waals surface area (Å²) >= 11 is 1.40. The summed E-state index contributed by atoms with van der Waals surface area (Å²) < 4.78 is 30.3. The molecule has 0 saturated carbocycles. The Labute approximate surface area is 171 Å². The van der Waals surface area contributed by atoms with Crippen LogP contribution in [0.1, 0.15) is 16.7 Å². The molecule has 0 radical (unpaired) electrons. The van der Waals surface area contributed by atoms with Gasteiger partial charge in [0.1, 0.15) is 11.6 Å². The number of nitrogens with zero attached hydrogens (tertiary/aromatic N) is 4. The van der Waals surface area contributed by atoms with Crippen LogP contribution >= 0.6 is 11.8 Å². The van der Waals surface area contributed by atoms with Crippen LogP contribution in [0.4, 0.5) is 14.6 Å². The van der Waals surface area contributed by atoms with Gasteiger partial charge in [0, 0.05) is 12.1 Å². The zero-order valence-electron chi connectivity index (χ0n) is 16.0. The van der Waals surface area contributed by atoms with Gasteiger partial charge in [-0.05, 0) is 30.4 Å². The van der Waals surface area contributed by atoms with E-state index in [-0.39, 0.29) is 12.1 Å². The summed E-state index contributed by atoms with van der Waals surface area (Å²) in [6, 6.07) is 12.6. The standard InChI is InChI=1S/C21H19F2N5S/c1-13-8-9-16(22)15(17(13)23)11-28-12-25-18-19(26-21(29-2)27-20(18)28)24-10-14-6-4-3-5-7-14/h3-9,12H,10-11H2,1-2H3,(H,24,26,27). The van der Waals surface area contributed by atoms with Gasteiger partial charge < -0.3 is 9.88 Å². The van der Waals surface area contributed by atoms with Gasteiger partial charge in [-0.2, -0.15) is 0 Å². The quantitative estimate of drug-likeness (QED) is 0.365. The summed E-state index contributed by atoms with van der Waals surface area (Å²) in [5, 5.41) is 3.85. The van der Waals surface area contributed by atoms with Crippen LogP contribution < -0.4 is 5.32 Å². The first-order valence-corrected chi connectivity index (χ1v) is 10.3. The zero-order chi connectivity index (χ0) is 20.4. The van der Waals surface area contributed by atoms with Crippen molar-refractivity contribution >= 4 is 28.7 Å². The molecule has 0 saturated heterocycles. The van der Waals surface area contributed by atoms with Crippen molar-refractivity contribution in [1.82, 2.24) is 19.5 Å². The highest BCUT2D eigenvalue weighted by molar-refractivity contribution is 7.98. The highest BCUT2D eigenvalue weighted by Gasteiger charge is 2.17. The lowest BCUT2D eigenvalue weighted by atomic mass is 10.1. The van der Waals surface area contributed by atoms with Gasteiger partial charge >= 0.3 is 0 Å². The highest BCUT2D eigenvalue weighted by Crippen LogP contribution is 2.25. The number of nitrogens with one attached hydrogen (secondary N) is 1. The van der Waals surface area contributed by atoms with Crippen LogP contribution in [-0.2, 0) is 13.1 Å². The Morgan fingerprint density at radius 3 is 2.62 bits per heavy atom. The van der Waals surface area contributed by atoms with Crippen LogP contribution in [0.3, 0.4) is 0 Å². The molecule has 2 aromatic carbocycles. The second-order valence-corrected chi connectivity index (χ2v) is 7.37. The van der Waals surface area contributed by atoms with E-state index in [4.69, 9.17) is 0 Å². The predicted molar refractivity (Wildman–Crippen MR) is 111 cm³/mol. The SMILES string of the molecule is CSc1nc(NCc2ccccc2)c2ncn(Cc3c(F)ccc(C)c3F)c2n1. The summed E-state index contributed by atoms with van der Waals surface area (Å²) in [6.07, 6.45) is 3.42. The molecule has 0 aliphatic rings. The van der Waals surface area contributed by atoms with E-state index >= 15 is 0 Å². The van der Waals surface area contributed by atoms with Crippen molar-refractivity contribution in [3.8, 4) is 0 Å². The van der Waals surface area contributed by atoms with Crippen LogP contribution in [0.2, 0.25) is 0 Å². The fourth-order valence-corrected chi connectivity index (χ4v) is 3.43. The van der Waals surface area contributed by atoms with Crippen molar-refractivity contribution in [3.63, 3.8) is 0 Å². The molecule has 8 heteroatoms. The Kier molecular flexibility index (Phi) is 5.44. The molecule has 0 aliphatic heterocycles. The number of aryl methyl sites for hydroxylation is 1. The number of benzene rings is 2. The van der Waals surface area contributed by atoms with E-state index in [0.29, 0.717) is 34.2 Å². The summed E-state index contributed by atoms with van der Waals surface area (Å²) in [5.41, 5.74) is 2.59. The van der Waals surface area contributed by atoms with E-state index < -0.39 is 11.6 Å². The van der Waals surface area contributed by atoms with Crippen LogP contribution in [-0.4, -0.2) is 25.8 Å². The number of aromatic nitrogens is 4. The minimum Gasteiger partial charge on any atom is -0.364 e. The molecule has 0 bridgehead atoms. The van der Waals surface area contributed by atoms with Gasteiger partial charge in [0.15, 0.2) is 22.1 Å². The van der Waals surface area contributed by atoms with Gasteiger partial charge in [-0.3, -0.25) is 0 Å². The van der Waals surface area contributed by atoms with Crippen molar-refractivity contribution in [2.24, 2.45) is 0 Å². The summed E-state index contributed by atoms with van der Waals surface area (Å²) in [5.74, 6) is -0.544. The van der Waals surface area contributed by atoms with Crippen molar-refractivity contribution in [2.45, 2.75) is 25.2 Å². The molecule has 4 rings (SSSR count). The maximum absolute atomic E-state index is 14.5. The number of halogens is 2. The topological polar surface area (TPSA) is 55.6 Å². The number of hydrogen-bond donors (Lipinski definition) is 1. The molecule has 0 aliphatic carbocycles. The molecule has 2 aromatic heterocycles. The summed E-state index contributed by atoms with van der Waals surface area (Å²) in [4.78, 5) is 13.4. The van der Waals surface area contributed by atoms with E-state index in [1.54, 1.807) is 17.8 Å². The van der Waals surface area contributed by atoms with Crippen LogP contribution in [0.15, 0.2) is 53.9 Å². The number of anilines is 1. The molecule has 29 heavy (non-hydrogen) atoms. The molecular weight excluding hydrogens is 392 g/mol. The van der Waals surface area contributed by atoms with Crippen molar-refractivity contribution in [1.29, 1.82) is 0 Å². The Balaban J connectivity index is 1.71. The molecule has 1 N–H and O–H groups in total. The first-order chi connectivity index (χ1) is 14.1.